The fourth-order valence-electron chi connectivity index (χ4n) is 13.9. The molecule has 0 saturated heterocycles. The van der Waals surface area contributed by atoms with Crippen molar-refractivity contribution in [3.05, 3.63) is 303 Å². The molecule has 0 unspecified atom stereocenters. The van der Waals surface area contributed by atoms with E-state index in [1.165, 1.54) is 106 Å². The van der Waals surface area contributed by atoms with Gasteiger partial charge in [-0.3, -0.25) is 0 Å². The van der Waals surface area contributed by atoms with Crippen LogP contribution >= 0.6 is 0 Å². The average molecular weight is 882 g/mol. The second-order valence-corrected chi connectivity index (χ2v) is 20.7. The van der Waals surface area contributed by atoms with Crippen molar-refractivity contribution in [3.8, 4) is 33.4 Å². The lowest BCUT2D eigenvalue weighted by molar-refractivity contribution is 0.623. The Labute approximate surface area is 406 Å². The normalized spacial score (nSPS) is 16.0. The molecule has 0 aromatic heterocycles. The molecular formula is C68H51N. The Morgan fingerprint density at radius 2 is 0.638 bits per heavy atom. The molecule has 1 spiro atoms. The summed E-state index contributed by atoms with van der Waals surface area (Å²) in [5, 5.41) is 0. The van der Waals surface area contributed by atoms with Gasteiger partial charge in [-0.05, 0) is 125 Å². The van der Waals surface area contributed by atoms with Crippen molar-refractivity contribution in [1.82, 2.24) is 0 Å². The lowest BCUT2D eigenvalue weighted by Gasteiger charge is -2.50. The topological polar surface area (TPSA) is 3.24 Å². The first-order valence-electron chi connectivity index (χ1n) is 24.6. The minimum absolute atomic E-state index is 0.154. The van der Waals surface area contributed by atoms with Crippen molar-refractivity contribution in [2.24, 2.45) is 0 Å². The van der Waals surface area contributed by atoms with Gasteiger partial charge in [0.2, 0.25) is 0 Å². The van der Waals surface area contributed by atoms with E-state index in [9.17, 15) is 0 Å². The van der Waals surface area contributed by atoms with Gasteiger partial charge in [0.15, 0.2) is 0 Å². The molecule has 0 atom stereocenters. The van der Waals surface area contributed by atoms with E-state index in [1.54, 1.807) is 0 Å². The first-order chi connectivity index (χ1) is 33.8. The molecule has 0 fully saturated rings. The largest absolute Gasteiger partial charge is 0.310 e. The Hall–Kier alpha value is -8.00. The third-order valence-electron chi connectivity index (χ3n) is 16.8. The Balaban J connectivity index is 1.08. The Morgan fingerprint density at radius 3 is 1.20 bits per heavy atom. The van der Waals surface area contributed by atoms with Gasteiger partial charge in [-0.2, -0.15) is 0 Å². The van der Waals surface area contributed by atoms with E-state index in [2.05, 4.69) is 269 Å². The van der Waals surface area contributed by atoms with Crippen LogP contribution in [0.5, 0.6) is 0 Å². The van der Waals surface area contributed by atoms with Crippen LogP contribution in [-0.2, 0) is 21.7 Å². The predicted molar refractivity (Wildman–Crippen MR) is 285 cm³/mol. The number of benzene rings is 10. The first-order valence-corrected chi connectivity index (χ1v) is 24.6. The Bertz CT molecular complexity index is 3650. The van der Waals surface area contributed by atoms with Gasteiger partial charge in [-0.15, -0.1) is 0 Å². The van der Waals surface area contributed by atoms with Crippen LogP contribution in [0.2, 0.25) is 0 Å². The lowest BCUT2D eigenvalue weighted by atomic mass is 9.51. The highest BCUT2D eigenvalue weighted by molar-refractivity contribution is 5.98. The van der Waals surface area contributed by atoms with Gasteiger partial charge in [0.25, 0.3) is 0 Å². The van der Waals surface area contributed by atoms with Crippen molar-refractivity contribution in [1.29, 1.82) is 0 Å². The summed E-state index contributed by atoms with van der Waals surface area (Å²) in [6.07, 6.45) is 0. The van der Waals surface area contributed by atoms with E-state index in [1.807, 2.05) is 0 Å². The van der Waals surface area contributed by atoms with Crippen LogP contribution in [0.4, 0.5) is 17.1 Å². The maximum absolute atomic E-state index is 2.59. The maximum atomic E-state index is 2.59. The number of rotatable bonds is 5. The van der Waals surface area contributed by atoms with Crippen LogP contribution in [-0.4, -0.2) is 0 Å². The molecule has 0 radical (unpaired) electrons. The maximum Gasteiger partial charge on any atom is 0.0720 e. The summed E-state index contributed by atoms with van der Waals surface area (Å²) in [7, 11) is 0. The molecule has 328 valence electrons. The van der Waals surface area contributed by atoms with Gasteiger partial charge in [0.05, 0.1) is 16.5 Å². The minimum Gasteiger partial charge on any atom is -0.310 e. The van der Waals surface area contributed by atoms with Crippen LogP contribution in [0.3, 0.4) is 0 Å². The van der Waals surface area contributed by atoms with Crippen molar-refractivity contribution in [2.45, 2.75) is 49.4 Å². The molecule has 0 amide bonds. The molecule has 69 heavy (non-hydrogen) atoms. The summed E-state index contributed by atoms with van der Waals surface area (Å²) in [5.41, 5.74) is 25.7. The molecule has 0 aliphatic heterocycles. The number of nitrogens with zero attached hydrogens (tertiary/aromatic N) is 1. The molecule has 0 heterocycles. The SMILES string of the molecule is CC1(C)c2ccccc2-c2ccc(N(c3ccc4c(c3)C3(c5ccccc5-4)c4ccccc4C(c4ccccc4)(c4ccccc4)c4ccccc43)c3cccc4c3-c3ccccc3C4(C)C)cc21. The van der Waals surface area contributed by atoms with Crippen molar-refractivity contribution in [3.63, 3.8) is 0 Å². The second-order valence-electron chi connectivity index (χ2n) is 20.7. The van der Waals surface area contributed by atoms with E-state index >= 15 is 0 Å². The van der Waals surface area contributed by atoms with Crippen LogP contribution in [0.15, 0.2) is 237 Å². The molecular weight excluding hydrogens is 831 g/mol. The third-order valence-corrected chi connectivity index (χ3v) is 16.8. The zero-order chi connectivity index (χ0) is 46.3. The standard InChI is InChI=1S/C68H51N/c1-65(2)54-30-15-13-28-52(54)64-60(65)36-21-37-63(64)69(46-38-40-50-48-26-11-14-29-53(48)66(3,4)61(50)42-46)47-39-41-51-49-27-12-16-31-55(49)68(62(51)43-47)58-34-19-17-32-56(58)67(44-22-7-5-8-23-44,45-24-9-6-10-25-45)57-33-18-20-35-59(57)68/h5-43H,1-4H3. The summed E-state index contributed by atoms with van der Waals surface area (Å²) in [6.45, 7) is 9.56. The van der Waals surface area contributed by atoms with Gasteiger partial charge in [-0.1, -0.05) is 234 Å². The Morgan fingerprint density at radius 1 is 0.261 bits per heavy atom. The highest BCUT2D eigenvalue weighted by Gasteiger charge is 2.57. The molecule has 10 aromatic rings. The first kappa shape index (κ1) is 40.1. The smallest absolute Gasteiger partial charge is 0.0720 e. The van der Waals surface area contributed by atoms with Gasteiger partial charge in [0.1, 0.15) is 0 Å². The summed E-state index contributed by atoms with van der Waals surface area (Å²) in [4.78, 5) is 2.59. The van der Waals surface area contributed by atoms with E-state index in [0.717, 1.165) is 11.4 Å². The van der Waals surface area contributed by atoms with Gasteiger partial charge in [-0.25, -0.2) is 0 Å². The van der Waals surface area contributed by atoms with E-state index < -0.39 is 10.8 Å². The van der Waals surface area contributed by atoms with Crippen LogP contribution in [0, 0.1) is 0 Å². The van der Waals surface area contributed by atoms with E-state index in [-0.39, 0.29) is 10.8 Å². The lowest BCUT2D eigenvalue weighted by Crippen LogP contribution is -2.44. The Kier molecular flexibility index (Phi) is 8.29. The molecule has 0 saturated carbocycles. The van der Waals surface area contributed by atoms with E-state index in [0.29, 0.717) is 0 Å². The fraction of sp³-hybridized carbons (Fsp3) is 0.118. The molecule has 4 aliphatic carbocycles. The number of hydrogen-bond acceptors (Lipinski definition) is 1. The number of fused-ring (bicyclic) bond motifs is 15. The molecule has 4 aliphatic rings. The molecule has 10 aromatic carbocycles. The van der Waals surface area contributed by atoms with Gasteiger partial charge < -0.3 is 4.90 Å². The monoisotopic (exact) mass is 881 g/mol. The fourth-order valence-corrected chi connectivity index (χ4v) is 13.9. The highest BCUT2D eigenvalue weighted by atomic mass is 15.1. The molecule has 0 bridgehead atoms. The van der Waals surface area contributed by atoms with E-state index in [4.69, 9.17) is 0 Å². The highest BCUT2D eigenvalue weighted by Crippen LogP contribution is 2.65. The van der Waals surface area contributed by atoms with Crippen molar-refractivity contribution >= 4 is 17.1 Å². The van der Waals surface area contributed by atoms with Crippen LogP contribution < -0.4 is 4.90 Å². The van der Waals surface area contributed by atoms with Crippen LogP contribution in [0.25, 0.3) is 33.4 Å². The van der Waals surface area contributed by atoms with Gasteiger partial charge >= 0.3 is 0 Å². The zero-order valence-electron chi connectivity index (χ0n) is 39.5. The summed E-state index contributed by atoms with van der Waals surface area (Å²) < 4.78 is 0. The van der Waals surface area contributed by atoms with Gasteiger partial charge in [0, 0.05) is 27.8 Å². The summed E-state index contributed by atoms with van der Waals surface area (Å²) in [5.74, 6) is 0. The summed E-state index contributed by atoms with van der Waals surface area (Å²) >= 11 is 0. The number of anilines is 3. The molecule has 1 heteroatoms. The minimum atomic E-state index is -0.622. The molecule has 1 nitrogen and oxygen atoms in total. The quantitative estimate of drug-likeness (QED) is 0.166. The average Bonchev–Trinajstić information content (AvgIpc) is 3.92. The molecule has 14 rings (SSSR count). The number of hydrogen-bond donors (Lipinski definition) is 0. The third kappa shape index (κ3) is 5.10. The molecule has 0 N–H and O–H groups in total. The zero-order valence-corrected chi connectivity index (χ0v) is 39.5. The predicted octanol–water partition coefficient (Wildman–Crippen LogP) is 16.8. The summed E-state index contributed by atoms with van der Waals surface area (Å²) in [6, 6.07) is 90.1. The van der Waals surface area contributed by atoms with Crippen molar-refractivity contribution < 1.29 is 0 Å². The van der Waals surface area contributed by atoms with Crippen LogP contribution in [0.1, 0.15) is 94.5 Å². The van der Waals surface area contributed by atoms with Crippen molar-refractivity contribution in [2.75, 3.05) is 4.90 Å². The second kappa shape index (κ2) is 14.3.